The third-order valence-electron chi connectivity index (χ3n) is 7.86. The van der Waals surface area contributed by atoms with Crippen LogP contribution in [0.2, 0.25) is 10.0 Å². The maximum atomic E-state index is 15.2. The normalized spacial score (nSPS) is 10.1. The Morgan fingerprint density at radius 3 is 1.54 bits per heavy atom. The number of aromatic nitrogens is 2. The molecule has 2 aromatic heterocycles. The lowest BCUT2D eigenvalue weighted by Gasteiger charge is -2.14. The van der Waals surface area contributed by atoms with Crippen molar-refractivity contribution in [3.8, 4) is 39.8 Å². The Morgan fingerprint density at radius 1 is 0.692 bits per heavy atom. The molecule has 0 spiro atoms. The van der Waals surface area contributed by atoms with E-state index in [9.17, 15) is 0 Å². The molecule has 0 aliphatic rings. The van der Waals surface area contributed by atoms with Gasteiger partial charge in [0.15, 0.2) is 0 Å². The Hall–Kier alpha value is -5.33. The molecule has 52 heavy (non-hydrogen) atoms. The number of rotatable bonds is 9. The van der Waals surface area contributed by atoms with Crippen LogP contribution < -0.4 is 15.2 Å². The molecule has 0 amide bonds. The second kappa shape index (κ2) is 19.3. The molecule has 2 heterocycles. The highest BCUT2D eigenvalue weighted by molar-refractivity contribution is 6.31. The van der Waals surface area contributed by atoms with Gasteiger partial charge in [-0.25, -0.2) is 13.8 Å². The average molecular weight is 744 g/mol. The molecule has 4 aromatic carbocycles. The third-order valence-corrected chi connectivity index (χ3v) is 8.33. The summed E-state index contributed by atoms with van der Waals surface area (Å²) in [6.45, 7) is 0.385. The smallest absolute Gasteiger partial charge is 0.140 e. The van der Waals surface area contributed by atoms with Crippen molar-refractivity contribution in [1.82, 2.24) is 9.97 Å². The fraction of sp³-hybridized carbons (Fsp3) is 0.167. The molecule has 0 saturated heterocycles. The molecule has 2 N–H and O–H groups in total. The van der Waals surface area contributed by atoms with E-state index in [-0.39, 0.29) is 27.9 Å². The van der Waals surface area contributed by atoms with Gasteiger partial charge in [-0.15, -0.1) is 0 Å². The SMILES string of the molecule is C.C.COc1ccc(Cc2ccc(C#N)nc2)c(F)c1-c1cccc(Cl)c1.COc1ccc(Cc2ccc(CN)nc2)c(F)c1-c1cccc(Cl)c1.[HH]. The van der Waals surface area contributed by atoms with Gasteiger partial charge >= 0.3 is 0 Å². The van der Waals surface area contributed by atoms with E-state index < -0.39 is 0 Å². The Labute approximate surface area is 315 Å². The largest absolute Gasteiger partial charge is 0.496 e. The van der Waals surface area contributed by atoms with E-state index in [2.05, 4.69) is 9.97 Å². The molecule has 0 saturated carbocycles. The van der Waals surface area contributed by atoms with Gasteiger partial charge in [-0.1, -0.05) is 86.6 Å². The minimum Gasteiger partial charge on any atom is -0.496 e. The summed E-state index contributed by atoms with van der Waals surface area (Å²) in [5, 5.41) is 9.88. The lowest BCUT2D eigenvalue weighted by molar-refractivity contribution is 0.413. The summed E-state index contributed by atoms with van der Waals surface area (Å²) < 4.78 is 41.0. The molecule has 10 heteroatoms. The lowest BCUT2D eigenvalue weighted by atomic mass is 9.97. The predicted octanol–water partition coefficient (Wildman–Crippen LogP) is 11.1. The summed E-state index contributed by atoms with van der Waals surface area (Å²) in [6, 6.07) is 30.2. The van der Waals surface area contributed by atoms with Crippen LogP contribution in [0.15, 0.2) is 109 Å². The Bertz CT molecular complexity index is 2140. The van der Waals surface area contributed by atoms with E-state index in [1.54, 1.807) is 91.3 Å². The van der Waals surface area contributed by atoms with E-state index in [0.717, 1.165) is 16.8 Å². The minimum absolute atomic E-state index is 0. The van der Waals surface area contributed by atoms with Crippen LogP contribution in [-0.2, 0) is 19.4 Å². The van der Waals surface area contributed by atoms with Gasteiger partial charge in [-0.2, -0.15) is 5.26 Å². The number of nitrogens with two attached hydrogens (primary N) is 1. The number of hydrogen-bond donors (Lipinski definition) is 1. The van der Waals surface area contributed by atoms with E-state index >= 15 is 8.78 Å². The van der Waals surface area contributed by atoms with Crippen molar-refractivity contribution < 1.29 is 19.7 Å². The summed E-state index contributed by atoms with van der Waals surface area (Å²) >= 11 is 12.1. The van der Waals surface area contributed by atoms with Crippen LogP contribution in [0.1, 0.15) is 49.9 Å². The highest BCUT2D eigenvalue weighted by Crippen LogP contribution is 2.37. The van der Waals surface area contributed by atoms with Gasteiger partial charge in [0.05, 0.1) is 31.0 Å². The molecule has 0 aliphatic carbocycles. The van der Waals surface area contributed by atoms with Crippen LogP contribution in [-0.4, -0.2) is 24.2 Å². The summed E-state index contributed by atoms with van der Waals surface area (Å²) in [5.74, 6) is 0.247. The van der Waals surface area contributed by atoms with Gasteiger partial charge < -0.3 is 15.2 Å². The van der Waals surface area contributed by atoms with Crippen LogP contribution in [0, 0.1) is 23.0 Å². The molecular weight excluding hydrogens is 701 g/mol. The molecule has 0 bridgehead atoms. The molecular formula is C42H42Cl2F2N4O2. The Morgan fingerprint density at radius 2 is 1.17 bits per heavy atom. The maximum absolute atomic E-state index is 15.2. The van der Waals surface area contributed by atoms with Crippen molar-refractivity contribution in [3.63, 3.8) is 0 Å². The number of hydrogen-bond acceptors (Lipinski definition) is 6. The van der Waals surface area contributed by atoms with Gasteiger partial charge in [0.2, 0.25) is 0 Å². The van der Waals surface area contributed by atoms with E-state index in [1.807, 2.05) is 24.3 Å². The fourth-order valence-corrected chi connectivity index (χ4v) is 5.74. The van der Waals surface area contributed by atoms with Crippen molar-refractivity contribution in [3.05, 3.63) is 165 Å². The van der Waals surface area contributed by atoms with Crippen molar-refractivity contribution in [2.24, 2.45) is 5.73 Å². The number of pyridine rings is 2. The second-order valence-electron chi connectivity index (χ2n) is 11.1. The Kier molecular flexibility index (Phi) is 15.3. The van der Waals surface area contributed by atoms with Crippen molar-refractivity contribution in [1.29, 1.82) is 5.26 Å². The maximum Gasteiger partial charge on any atom is 0.140 e. The van der Waals surface area contributed by atoms with E-state index in [1.165, 1.54) is 14.2 Å². The molecule has 270 valence electrons. The standard InChI is InChI=1S/C20H18ClFN2O.C20H14ClFN2O.2CH4.H2/c2*1-25-18-8-6-15(9-13-5-7-17(11-23)24-12-13)20(22)19(18)14-3-2-4-16(21)10-14;;;/h2-8,10,12H,9,11,23H2,1H3;2-8,10,12H,9H2,1H3;2*1H4;1H. The molecule has 0 aliphatic heterocycles. The first-order valence-electron chi connectivity index (χ1n) is 15.5. The highest BCUT2D eigenvalue weighted by Gasteiger charge is 2.18. The average Bonchev–Trinajstić information content (AvgIpc) is 3.14. The molecule has 6 rings (SSSR count). The number of nitriles is 1. The van der Waals surface area contributed by atoms with Gasteiger partial charge in [-0.05, 0) is 81.9 Å². The summed E-state index contributed by atoms with van der Waals surface area (Å²) in [7, 11) is 3.03. The lowest BCUT2D eigenvalue weighted by Crippen LogP contribution is -2.01. The van der Waals surface area contributed by atoms with Crippen LogP contribution in [0.5, 0.6) is 11.5 Å². The summed E-state index contributed by atoms with van der Waals surface area (Å²) in [6.07, 6.45) is 4.11. The van der Waals surface area contributed by atoms with E-state index in [0.29, 0.717) is 80.0 Å². The van der Waals surface area contributed by atoms with Crippen LogP contribution in [0.25, 0.3) is 22.3 Å². The minimum atomic E-state index is -0.356. The second-order valence-corrected chi connectivity index (χ2v) is 12.0. The number of nitrogens with zero attached hydrogens (tertiary/aromatic N) is 3. The first-order chi connectivity index (χ1) is 24.2. The third kappa shape index (κ3) is 9.92. The van der Waals surface area contributed by atoms with Crippen LogP contribution in [0.4, 0.5) is 8.78 Å². The van der Waals surface area contributed by atoms with Crippen molar-refractivity contribution >= 4 is 23.2 Å². The highest BCUT2D eigenvalue weighted by atomic mass is 35.5. The van der Waals surface area contributed by atoms with Gasteiger partial charge in [0, 0.05) is 43.3 Å². The zero-order chi connectivity index (χ0) is 35.6. The quantitative estimate of drug-likeness (QED) is 0.158. The first kappa shape index (κ1) is 41.1. The molecule has 0 atom stereocenters. The number of benzene rings is 4. The molecule has 6 nitrogen and oxygen atoms in total. The van der Waals surface area contributed by atoms with Gasteiger partial charge in [0.25, 0.3) is 0 Å². The van der Waals surface area contributed by atoms with Gasteiger partial charge in [-0.3, -0.25) is 4.98 Å². The summed E-state index contributed by atoms with van der Waals surface area (Å²) in [5.41, 5.74) is 11.6. The van der Waals surface area contributed by atoms with Crippen molar-refractivity contribution in [2.45, 2.75) is 34.2 Å². The van der Waals surface area contributed by atoms with Crippen molar-refractivity contribution in [2.75, 3.05) is 14.2 Å². The molecule has 0 fully saturated rings. The van der Waals surface area contributed by atoms with Crippen LogP contribution >= 0.6 is 23.2 Å². The van der Waals surface area contributed by atoms with E-state index in [4.69, 9.17) is 43.7 Å². The number of halogens is 4. The topological polar surface area (TPSA) is 94.0 Å². The zero-order valence-corrected chi connectivity index (χ0v) is 28.8. The Balaban J connectivity index is 0.000000347. The first-order valence-corrected chi connectivity index (χ1v) is 16.2. The monoisotopic (exact) mass is 742 g/mol. The molecule has 0 unspecified atom stereocenters. The predicted molar refractivity (Wildman–Crippen MR) is 209 cm³/mol. The summed E-state index contributed by atoms with van der Waals surface area (Å²) in [4.78, 5) is 8.28. The van der Waals surface area contributed by atoms with Gasteiger partial charge in [0.1, 0.15) is 34.9 Å². The van der Waals surface area contributed by atoms with Crippen LogP contribution in [0.3, 0.4) is 0 Å². The molecule has 0 radical (unpaired) electrons. The molecule has 6 aromatic rings. The number of ether oxygens (including phenoxy) is 2. The zero-order valence-electron chi connectivity index (χ0n) is 27.3. The number of methoxy groups -OCH3 is 2. The fourth-order valence-electron chi connectivity index (χ4n) is 5.36.